The summed E-state index contributed by atoms with van der Waals surface area (Å²) in [6.45, 7) is 5.44. The van der Waals surface area contributed by atoms with Gasteiger partial charge in [-0.15, -0.1) is 0 Å². The number of aliphatic hydroxyl groups is 1. The summed E-state index contributed by atoms with van der Waals surface area (Å²) < 4.78 is 0. The molecule has 0 aromatic rings. The quantitative estimate of drug-likeness (QED) is 0.430. The van der Waals surface area contributed by atoms with Crippen LogP contribution >= 0.6 is 11.8 Å². The van der Waals surface area contributed by atoms with Crippen LogP contribution in [0.15, 0.2) is 29.3 Å². The molecule has 21 heavy (non-hydrogen) atoms. The lowest BCUT2D eigenvalue weighted by atomic mass is 9.85. The first-order chi connectivity index (χ1) is 10.3. The summed E-state index contributed by atoms with van der Waals surface area (Å²) >= 11 is 1.98. The minimum Gasteiger partial charge on any atom is -0.396 e. The van der Waals surface area contributed by atoms with E-state index in [0.29, 0.717) is 6.61 Å². The minimum absolute atomic E-state index is 0.111. The third-order valence-corrected chi connectivity index (χ3v) is 4.58. The predicted octanol–water partition coefficient (Wildman–Crippen LogP) is 3.07. The zero-order valence-electron chi connectivity index (χ0n) is 13.3. The Morgan fingerprint density at radius 2 is 2.10 bits per heavy atom. The van der Waals surface area contributed by atoms with Crippen LogP contribution in [0.1, 0.15) is 32.6 Å². The topological polar surface area (TPSA) is 44.6 Å². The Hall–Kier alpha value is -0.580. The fraction of sp³-hybridized carbons (Fsp3) is 0.706. The van der Waals surface area contributed by atoms with Gasteiger partial charge < -0.3 is 10.4 Å². The number of aliphatic hydroxyl groups excluding tert-OH is 1. The van der Waals surface area contributed by atoms with Gasteiger partial charge in [-0.2, -0.15) is 11.8 Å². The molecule has 1 rings (SSSR count). The highest BCUT2D eigenvalue weighted by molar-refractivity contribution is 7.99. The molecule has 0 aromatic heterocycles. The maximum Gasteiger partial charge on any atom is 0.0510 e. The van der Waals surface area contributed by atoms with Gasteiger partial charge in [0.1, 0.15) is 0 Å². The van der Waals surface area contributed by atoms with Crippen LogP contribution in [0.2, 0.25) is 0 Å². The van der Waals surface area contributed by atoms with Gasteiger partial charge in [-0.25, -0.2) is 0 Å². The zero-order valence-corrected chi connectivity index (χ0v) is 14.1. The van der Waals surface area contributed by atoms with Crippen LogP contribution < -0.4 is 5.32 Å². The van der Waals surface area contributed by atoms with Crippen LogP contribution in [0.25, 0.3) is 0 Å². The van der Waals surface area contributed by atoms with E-state index in [2.05, 4.69) is 47.8 Å². The van der Waals surface area contributed by atoms with Gasteiger partial charge in [0.15, 0.2) is 0 Å². The lowest BCUT2D eigenvalue weighted by molar-refractivity contribution is 0.287. The molecule has 0 spiro atoms. The highest BCUT2D eigenvalue weighted by Crippen LogP contribution is 2.24. The van der Waals surface area contributed by atoms with Gasteiger partial charge in [-0.05, 0) is 43.7 Å². The molecule has 0 amide bonds. The molecule has 120 valence electrons. The molecule has 0 heterocycles. The molecule has 1 unspecified atom stereocenters. The molecule has 0 aliphatic heterocycles. The number of thioether (sulfide) groups is 1. The van der Waals surface area contributed by atoms with Crippen molar-refractivity contribution in [2.75, 3.05) is 37.7 Å². The Bertz CT molecular complexity index is 342. The number of hydrogen-bond donors (Lipinski definition) is 2. The number of hydrogen-bond acceptors (Lipinski definition) is 4. The van der Waals surface area contributed by atoms with Crippen molar-refractivity contribution in [2.24, 2.45) is 10.4 Å². The lowest BCUT2D eigenvalue weighted by Gasteiger charge is -2.20. The standard InChI is InChI=1S/C17H30N2OS/c1-17(8-3-2-4-9-17)16-19-12-11-18-10-7-15-21-14-6-5-13-20/h2-4,8,16,18,20H,5-7,9-15H2,1H3. The molecule has 2 N–H and O–H groups in total. The van der Waals surface area contributed by atoms with Crippen molar-refractivity contribution in [1.29, 1.82) is 0 Å². The summed E-state index contributed by atoms with van der Waals surface area (Å²) in [5.41, 5.74) is 0.111. The van der Waals surface area contributed by atoms with E-state index in [-0.39, 0.29) is 5.41 Å². The van der Waals surface area contributed by atoms with Crippen LogP contribution in [0.5, 0.6) is 0 Å². The van der Waals surface area contributed by atoms with Crippen molar-refractivity contribution in [3.8, 4) is 0 Å². The van der Waals surface area contributed by atoms with Crippen molar-refractivity contribution in [2.45, 2.75) is 32.6 Å². The molecule has 0 aromatic carbocycles. The second-order valence-corrected chi connectivity index (χ2v) is 6.90. The third kappa shape index (κ3) is 9.88. The molecule has 4 heteroatoms. The van der Waals surface area contributed by atoms with Crippen LogP contribution in [-0.2, 0) is 0 Å². The molecule has 1 atom stereocenters. The maximum atomic E-state index is 8.67. The maximum absolute atomic E-state index is 8.67. The molecule has 0 saturated heterocycles. The monoisotopic (exact) mass is 310 g/mol. The second-order valence-electron chi connectivity index (χ2n) is 5.68. The first-order valence-electron chi connectivity index (χ1n) is 8.01. The summed E-state index contributed by atoms with van der Waals surface area (Å²) in [5, 5.41) is 12.1. The van der Waals surface area contributed by atoms with Crippen molar-refractivity contribution >= 4 is 18.0 Å². The van der Waals surface area contributed by atoms with Crippen molar-refractivity contribution in [3.05, 3.63) is 24.3 Å². The van der Waals surface area contributed by atoms with E-state index in [1.165, 1.54) is 17.9 Å². The highest BCUT2D eigenvalue weighted by atomic mass is 32.2. The smallest absolute Gasteiger partial charge is 0.0510 e. The van der Waals surface area contributed by atoms with Gasteiger partial charge in [0.2, 0.25) is 0 Å². The Kier molecular flexibility index (Phi) is 10.6. The first kappa shape index (κ1) is 18.5. The predicted molar refractivity (Wildman–Crippen MR) is 95.5 cm³/mol. The van der Waals surface area contributed by atoms with Crippen LogP contribution in [0, 0.1) is 5.41 Å². The van der Waals surface area contributed by atoms with Crippen LogP contribution in [0.3, 0.4) is 0 Å². The van der Waals surface area contributed by atoms with Crippen LogP contribution in [-0.4, -0.2) is 49.1 Å². The number of allylic oxidation sites excluding steroid dienone is 4. The average Bonchev–Trinajstić information content (AvgIpc) is 2.49. The number of unbranched alkanes of at least 4 members (excludes halogenated alkanes) is 1. The van der Waals surface area contributed by atoms with Crippen molar-refractivity contribution < 1.29 is 5.11 Å². The zero-order chi connectivity index (χ0) is 15.2. The van der Waals surface area contributed by atoms with Crippen LogP contribution in [0.4, 0.5) is 0 Å². The van der Waals surface area contributed by atoms with Gasteiger partial charge in [0.05, 0.1) is 6.54 Å². The molecule has 3 nitrogen and oxygen atoms in total. The molecular weight excluding hydrogens is 280 g/mol. The summed E-state index contributed by atoms with van der Waals surface area (Å²) in [7, 11) is 0. The third-order valence-electron chi connectivity index (χ3n) is 3.42. The minimum atomic E-state index is 0.111. The molecule has 0 bridgehead atoms. The van der Waals surface area contributed by atoms with E-state index in [4.69, 9.17) is 5.11 Å². The summed E-state index contributed by atoms with van der Waals surface area (Å²) in [6.07, 6.45) is 15.0. The Labute approximate surface area is 134 Å². The molecular formula is C17H30N2OS. The Balaban J connectivity index is 1.88. The Morgan fingerprint density at radius 3 is 2.86 bits per heavy atom. The number of rotatable bonds is 12. The first-order valence-corrected chi connectivity index (χ1v) is 9.17. The fourth-order valence-corrected chi connectivity index (χ4v) is 3.06. The summed E-state index contributed by atoms with van der Waals surface area (Å²) in [6, 6.07) is 0. The lowest BCUT2D eigenvalue weighted by Crippen LogP contribution is -2.21. The normalized spacial score (nSPS) is 21.4. The van der Waals surface area contributed by atoms with Gasteiger partial charge in [0.25, 0.3) is 0 Å². The molecule has 0 radical (unpaired) electrons. The molecule has 0 saturated carbocycles. The Morgan fingerprint density at radius 1 is 1.24 bits per heavy atom. The van der Waals surface area contributed by atoms with Crippen molar-refractivity contribution in [1.82, 2.24) is 5.32 Å². The van der Waals surface area contributed by atoms with E-state index >= 15 is 0 Å². The van der Waals surface area contributed by atoms with Gasteiger partial charge in [-0.1, -0.05) is 31.2 Å². The number of nitrogens with zero attached hydrogens (tertiary/aromatic N) is 1. The molecule has 1 aliphatic rings. The van der Waals surface area contributed by atoms with Gasteiger partial charge in [0, 0.05) is 24.8 Å². The van der Waals surface area contributed by atoms with Crippen molar-refractivity contribution in [3.63, 3.8) is 0 Å². The second kappa shape index (κ2) is 12.0. The molecule has 1 aliphatic carbocycles. The van der Waals surface area contributed by atoms with E-state index in [1.807, 2.05) is 11.8 Å². The molecule has 0 fully saturated rings. The van der Waals surface area contributed by atoms with Gasteiger partial charge in [-0.3, -0.25) is 4.99 Å². The van der Waals surface area contributed by atoms with E-state index < -0.39 is 0 Å². The number of nitrogens with one attached hydrogen (secondary N) is 1. The number of aliphatic imine (C=N–C) groups is 1. The largest absolute Gasteiger partial charge is 0.396 e. The SMILES string of the molecule is CC1(C=NCCNCCCSCCCCO)C=CC=CC1. The van der Waals surface area contributed by atoms with E-state index in [9.17, 15) is 0 Å². The summed E-state index contributed by atoms with van der Waals surface area (Å²) in [4.78, 5) is 4.53. The summed E-state index contributed by atoms with van der Waals surface area (Å²) in [5.74, 6) is 2.38. The van der Waals surface area contributed by atoms with Gasteiger partial charge >= 0.3 is 0 Å². The highest BCUT2D eigenvalue weighted by Gasteiger charge is 2.17. The van der Waals surface area contributed by atoms with E-state index in [0.717, 1.165) is 38.9 Å². The van der Waals surface area contributed by atoms with E-state index in [1.54, 1.807) is 0 Å². The average molecular weight is 311 g/mol. The fourth-order valence-electron chi connectivity index (χ4n) is 2.10.